The minimum atomic E-state index is 0.782. The zero-order valence-electron chi connectivity index (χ0n) is 17.0. The van der Waals surface area contributed by atoms with Crippen molar-refractivity contribution < 1.29 is 0 Å². The van der Waals surface area contributed by atoms with Gasteiger partial charge in [-0.1, -0.05) is 24.8 Å². The Morgan fingerprint density at radius 1 is 1.03 bits per heavy atom. The molecule has 0 saturated carbocycles. The SMILES string of the molecule is C=C/C=C(/c1cccnc1)c1cc(-c2n[nH]c3ccc(-c4ccncc4)nc23)[nH]c1C. The first-order valence-corrected chi connectivity index (χ1v) is 9.93. The summed E-state index contributed by atoms with van der Waals surface area (Å²) < 4.78 is 0. The summed E-state index contributed by atoms with van der Waals surface area (Å²) in [4.78, 5) is 16.7. The van der Waals surface area contributed by atoms with Crippen molar-refractivity contribution in [2.45, 2.75) is 6.92 Å². The Balaban J connectivity index is 1.62. The predicted octanol–water partition coefficient (Wildman–Crippen LogP) is 5.34. The second-order valence-corrected chi connectivity index (χ2v) is 7.18. The number of allylic oxidation sites excluding steroid dienone is 2. The number of rotatable bonds is 5. The Morgan fingerprint density at radius 3 is 2.68 bits per heavy atom. The van der Waals surface area contributed by atoms with E-state index in [-0.39, 0.29) is 0 Å². The van der Waals surface area contributed by atoms with Crippen LogP contribution in [0.2, 0.25) is 0 Å². The number of aryl methyl sites for hydroxylation is 1. The lowest BCUT2D eigenvalue weighted by Crippen LogP contribution is -1.89. The smallest absolute Gasteiger partial charge is 0.135 e. The van der Waals surface area contributed by atoms with E-state index in [1.165, 1.54) is 0 Å². The van der Waals surface area contributed by atoms with Gasteiger partial charge in [0, 0.05) is 47.2 Å². The number of fused-ring (bicyclic) bond motifs is 1. The van der Waals surface area contributed by atoms with E-state index in [1.807, 2.05) is 48.7 Å². The third-order valence-electron chi connectivity index (χ3n) is 5.20. The zero-order valence-corrected chi connectivity index (χ0v) is 17.0. The fourth-order valence-electron chi connectivity index (χ4n) is 3.72. The van der Waals surface area contributed by atoms with Gasteiger partial charge in [0.15, 0.2) is 0 Å². The van der Waals surface area contributed by atoms with Crippen molar-refractivity contribution in [2.24, 2.45) is 0 Å². The summed E-state index contributed by atoms with van der Waals surface area (Å²) in [6, 6.07) is 14.0. The minimum absolute atomic E-state index is 0.782. The Hall–Kier alpha value is -4.32. The second-order valence-electron chi connectivity index (χ2n) is 7.18. The van der Waals surface area contributed by atoms with Gasteiger partial charge in [0.2, 0.25) is 0 Å². The molecule has 0 saturated heterocycles. The van der Waals surface area contributed by atoms with E-state index in [0.29, 0.717) is 0 Å². The number of hydrogen-bond donors (Lipinski definition) is 2. The number of nitrogens with one attached hydrogen (secondary N) is 2. The zero-order chi connectivity index (χ0) is 21.2. The molecule has 0 aliphatic rings. The molecule has 5 aromatic heterocycles. The van der Waals surface area contributed by atoms with Crippen LogP contribution in [0.1, 0.15) is 16.8 Å². The maximum Gasteiger partial charge on any atom is 0.135 e. The van der Waals surface area contributed by atoms with E-state index in [9.17, 15) is 0 Å². The number of nitrogens with zero attached hydrogens (tertiary/aromatic N) is 4. The van der Waals surface area contributed by atoms with Crippen LogP contribution in [-0.4, -0.2) is 30.1 Å². The highest BCUT2D eigenvalue weighted by atomic mass is 15.1. The third-order valence-corrected chi connectivity index (χ3v) is 5.20. The molecule has 0 aliphatic carbocycles. The van der Waals surface area contributed by atoms with Gasteiger partial charge in [0.1, 0.15) is 11.2 Å². The number of hydrogen-bond acceptors (Lipinski definition) is 4. The predicted molar refractivity (Wildman–Crippen MR) is 123 cm³/mol. The number of H-pyrrole nitrogens is 2. The van der Waals surface area contributed by atoms with Gasteiger partial charge in [0.05, 0.1) is 16.9 Å². The molecule has 150 valence electrons. The first-order chi connectivity index (χ1) is 15.2. The van der Waals surface area contributed by atoms with Crippen LogP contribution in [0.5, 0.6) is 0 Å². The van der Waals surface area contributed by atoms with Gasteiger partial charge in [0.25, 0.3) is 0 Å². The lowest BCUT2D eigenvalue weighted by atomic mass is 9.99. The second kappa shape index (κ2) is 7.84. The van der Waals surface area contributed by atoms with Crippen molar-refractivity contribution in [1.29, 1.82) is 0 Å². The average Bonchev–Trinajstić information content (AvgIpc) is 3.41. The third kappa shape index (κ3) is 3.44. The molecule has 6 heteroatoms. The van der Waals surface area contributed by atoms with E-state index >= 15 is 0 Å². The van der Waals surface area contributed by atoms with Crippen LogP contribution in [0.25, 0.3) is 39.3 Å². The maximum atomic E-state index is 4.88. The molecule has 0 fully saturated rings. The van der Waals surface area contributed by atoms with E-state index in [0.717, 1.165) is 56.1 Å². The molecule has 5 rings (SSSR count). The molecule has 0 amide bonds. The lowest BCUT2D eigenvalue weighted by molar-refractivity contribution is 1.11. The van der Waals surface area contributed by atoms with E-state index < -0.39 is 0 Å². The van der Waals surface area contributed by atoms with E-state index in [4.69, 9.17) is 4.98 Å². The van der Waals surface area contributed by atoms with Crippen molar-refractivity contribution in [3.63, 3.8) is 0 Å². The molecular weight excluding hydrogens is 384 g/mol. The summed E-state index contributed by atoms with van der Waals surface area (Å²) in [6.07, 6.45) is 11.0. The van der Waals surface area contributed by atoms with Crippen LogP contribution >= 0.6 is 0 Å². The van der Waals surface area contributed by atoms with Crippen molar-refractivity contribution in [1.82, 2.24) is 30.1 Å². The molecule has 31 heavy (non-hydrogen) atoms. The molecule has 0 unspecified atom stereocenters. The van der Waals surface area contributed by atoms with E-state index in [2.05, 4.69) is 44.7 Å². The van der Waals surface area contributed by atoms with Gasteiger partial charge in [-0.3, -0.25) is 15.1 Å². The van der Waals surface area contributed by atoms with E-state index in [1.54, 1.807) is 24.7 Å². The molecule has 2 N–H and O–H groups in total. The minimum Gasteiger partial charge on any atom is -0.357 e. The summed E-state index contributed by atoms with van der Waals surface area (Å²) >= 11 is 0. The average molecular weight is 404 g/mol. The van der Waals surface area contributed by atoms with Crippen LogP contribution in [0, 0.1) is 6.92 Å². The highest BCUT2D eigenvalue weighted by Crippen LogP contribution is 2.32. The molecule has 0 atom stereocenters. The topological polar surface area (TPSA) is 83.1 Å². The number of pyridine rings is 3. The van der Waals surface area contributed by atoms with Gasteiger partial charge < -0.3 is 4.98 Å². The molecule has 0 bridgehead atoms. The van der Waals surface area contributed by atoms with Crippen LogP contribution in [0.3, 0.4) is 0 Å². The lowest BCUT2D eigenvalue weighted by Gasteiger charge is -2.06. The van der Waals surface area contributed by atoms with Gasteiger partial charge in [-0.2, -0.15) is 5.10 Å². The molecule has 0 spiro atoms. The largest absolute Gasteiger partial charge is 0.357 e. The Labute approximate surface area is 179 Å². The van der Waals surface area contributed by atoms with Crippen molar-refractivity contribution in [3.8, 4) is 22.6 Å². The summed E-state index contributed by atoms with van der Waals surface area (Å²) in [6.45, 7) is 5.93. The Morgan fingerprint density at radius 2 is 1.90 bits per heavy atom. The monoisotopic (exact) mass is 404 g/mol. The van der Waals surface area contributed by atoms with Crippen molar-refractivity contribution in [3.05, 3.63) is 103 Å². The van der Waals surface area contributed by atoms with Crippen LogP contribution < -0.4 is 0 Å². The highest BCUT2D eigenvalue weighted by molar-refractivity contribution is 5.92. The fraction of sp³-hybridized carbons (Fsp3) is 0.0400. The summed E-state index contributed by atoms with van der Waals surface area (Å²) in [5.74, 6) is 0. The molecule has 5 heterocycles. The molecule has 0 radical (unpaired) electrons. The highest BCUT2D eigenvalue weighted by Gasteiger charge is 2.17. The van der Waals surface area contributed by atoms with Gasteiger partial charge in [-0.25, -0.2) is 4.98 Å². The van der Waals surface area contributed by atoms with Crippen molar-refractivity contribution in [2.75, 3.05) is 0 Å². The van der Waals surface area contributed by atoms with Crippen molar-refractivity contribution >= 4 is 16.6 Å². The standard InChI is InChI=1S/C25H20N6/c1-3-5-19(18-6-4-11-27-15-18)20-14-23(28-16(20)2)25-24-22(30-31-25)8-7-21(29-24)17-9-12-26-13-10-17/h3-15,28H,1H2,2H3,(H,30,31)/b19-5-. The summed E-state index contributed by atoms with van der Waals surface area (Å²) in [5.41, 5.74) is 9.46. The van der Waals surface area contributed by atoms with Gasteiger partial charge >= 0.3 is 0 Å². The molecule has 0 aromatic carbocycles. The molecular formula is C25H20N6. The first kappa shape index (κ1) is 18.7. The number of aromatic amines is 2. The Bertz CT molecular complexity index is 1390. The Kier molecular flexibility index (Phi) is 4.72. The van der Waals surface area contributed by atoms with Crippen LogP contribution in [-0.2, 0) is 0 Å². The number of aromatic nitrogens is 6. The quantitative estimate of drug-likeness (QED) is 0.388. The van der Waals surface area contributed by atoms with Crippen LogP contribution in [0.15, 0.2) is 86.0 Å². The van der Waals surface area contributed by atoms with Crippen LogP contribution in [0.4, 0.5) is 0 Å². The fourth-order valence-corrected chi connectivity index (χ4v) is 3.72. The summed E-state index contributed by atoms with van der Waals surface area (Å²) in [5, 5.41) is 7.64. The molecule has 6 nitrogen and oxygen atoms in total. The first-order valence-electron chi connectivity index (χ1n) is 9.93. The molecule has 0 aliphatic heterocycles. The van der Waals surface area contributed by atoms with Gasteiger partial charge in [-0.05, 0) is 48.9 Å². The normalized spacial score (nSPS) is 11.7. The summed E-state index contributed by atoms with van der Waals surface area (Å²) in [7, 11) is 0. The van der Waals surface area contributed by atoms with Gasteiger partial charge in [-0.15, -0.1) is 0 Å². The molecule has 5 aromatic rings. The maximum absolute atomic E-state index is 4.88.